The normalized spacial score (nSPS) is 0. The molecule has 33 valence electrons. The molecule has 0 spiro atoms. The first-order valence-electron chi connectivity index (χ1n) is 0. The standard InChI is InChI=1S/Cu.3S.2Zn/q+2;3*-2;2*+2. The van der Waals surface area contributed by atoms with Crippen molar-refractivity contribution < 1.29 is 56.0 Å². The average Bonchev–Trinajstić information content (AvgIpc) is 0. The Kier molecular flexibility index (Phi) is 518. The quantitative estimate of drug-likeness (QED) is 0.550. The Balaban J connectivity index is 0. The van der Waals surface area contributed by atoms with Crippen LogP contribution in [0.1, 0.15) is 0 Å². The van der Waals surface area contributed by atoms with Gasteiger partial charge in [0.15, 0.2) is 0 Å². The summed E-state index contributed by atoms with van der Waals surface area (Å²) in [5.41, 5.74) is 0. The summed E-state index contributed by atoms with van der Waals surface area (Å²) in [7, 11) is 0. The summed E-state index contributed by atoms with van der Waals surface area (Å²) in [5, 5.41) is 0. The van der Waals surface area contributed by atoms with E-state index in [1.807, 2.05) is 0 Å². The van der Waals surface area contributed by atoms with Crippen molar-refractivity contribution in [1.82, 2.24) is 0 Å². The first kappa shape index (κ1) is 67.9. The molecule has 6 heavy (non-hydrogen) atoms. The van der Waals surface area contributed by atoms with Gasteiger partial charge in [-0.25, -0.2) is 0 Å². The topological polar surface area (TPSA) is 0 Å². The Morgan fingerprint density at radius 1 is 0.500 bits per heavy atom. The smallest absolute Gasteiger partial charge is 2.00 e. The molecule has 0 amide bonds. The predicted molar refractivity (Wildman–Crippen MR) is 22.1 cm³/mol. The van der Waals surface area contributed by atoms with Gasteiger partial charge in [0.2, 0.25) is 0 Å². The van der Waals surface area contributed by atoms with Gasteiger partial charge < -0.3 is 40.5 Å². The molecule has 0 aliphatic heterocycles. The molecule has 0 bridgehead atoms. The maximum atomic E-state index is 0. The first-order chi connectivity index (χ1) is 0. The maximum absolute atomic E-state index is 0. The van der Waals surface area contributed by atoms with Crippen molar-refractivity contribution in [3.05, 3.63) is 0 Å². The minimum atomic E-state index is 0. The fraction of sp³-hybridized carbons (Fsp3) is 0. The number of hydrogen-bond donors (Lipinski definition) is 0. The van der Waals surface area contributed by atoms with E-state index in [4.69, 9.17) is 0 Å². The van der Waals surface area contributed by atoms with Crippen molar-refractivity contribution in [2.75, 3.05) is 0 Å². The van der Waals surface area contributed by atoms with E-state index in [1.54, 1.807) is 0 Å². The summed E-state index contributed by atoms with van der Waals surface area (Å²) in [6, 6.07) is 0. The van der Waals surface area contributed by atoms with Gasteiger partial charge in [0, 0.05) is 0 Å². The van der Waals surface area contributed by atoms with E-state index in [0.717, 1.165) is 0 Å². The van der Waals surface area contributed by atoms with E-state index < -0.39 is 0 Å². The molecule has 0 heterocycles. The maximum Gasteiger partial charge on any atom is 2.00 e. The van der Waals surface area contributed by atoms with Gasteiger partial charge in [-0.15, -0.1) is 0 Å². The van der Waals surface area contributed by atoms with Crippen LogP contribution in [0.25, 0.3) is 0 Å². The fourth-order valence-electron chi connectivity index (χ4n) is 0. The third-order valence-electron chi connectivity index (χ3n) is 0. The van der Waals surface area contributed by atoms with E-state index in [-0.39, 0.29) is 96.5 Å². The van der Waals surface area contributed by atoms with Crippen LogP contribution in [0.15, 0.2) is 0 Å². The summed E-state index contributed by atoms with van der Waals surface area (Å²) in [4.78, 5) is 0. The summed E-state index contributed by atoms with van der Waals surface area (Å²) < 4.78 is 0. The second-order valence-electron chi connectivity index (χ2n) is 0. The zero-order valence-corrected chi connectivity index (χ0v) is 12.3. The van der Waals surface area contributed by atoms with Crippen LogP contribution in [-0.2, 0) is 96.5 Å². The minimum absolute atomic E-state index is 0. The summed E-state index contributed by atoms with van der Waals surface area (Å²) in [6.07, 6.45) is 0. The van der Waals surface area contributed by atoms with Gasteiger partial charge in [0.05, 0.1) is 0 Å². The van der Waals surface area contributed by atoms with Crippen LogP contribution >= 0.6 is 0 Å². The number of hydrogen-bond acceptors (Lipinski definition) is 0. The zero-order chi connectivity index (χ0) is 0. The Morgan fingerprint density at radius 3 is 0.500 bits per heavy atom. The van der Waals surface area contributed by atoms with Gasteiger partial charge in [-0.2, -0.15) is 0 Å². The Morgan fingerprint density at radius 2 is 0.500 bits per heavy atom. The van der Waals surface area contributed by atoms with Crippen molar-refractivity contribution in [1.29, 1.82) is 0 Å². The average molecular weight is 291 g/mol. The van der Waals surface area contributed by atoms with Crippen LogP contribution in [0.3, 0.4) is 0 Å². The van der Waals surface area contributed by atoms with Crippen LogP contribution in [0.2, 0.25) is 0 Å². The van der Waals surface area contributed by atoms with E-state index in [0.29, 0.717) is 0 Å². The molecule has 1 radical (unpaired) electrons. The zero-order valence-electron chi connectivity index (χ0n) is 2.94. The van der Waals surface area contributed by atoms with Crippen molar-refractivity contribution >= 4 is 40.5 Å². The van der Waals surface area contributed by atoms with Gasteiger partial charge in [0.1, 0.15) is 0 Å². The molecule has 0 saturated carbocycles. The van der Waals surface area contributed by atoms with Crippen LogP contribution in [0.5, 0.6) is 0 Å². The Bertz CT molecular complexity index is 8.75. The molecule has 0 aromatic carbocycles. The molecule has 0 saturated heterocycles. The molecule has 0 aliphatic carbocycles. The van der Waals surface area contributed by atoms with Crippen molar-refractivity contribution in [3.8, 4) is 0 Å². The Hall–Kier alpha value is 2.82. The van der Waals surface area contributed by atoms with Crippen molar-refractivity contribution in [2.45, 2.75) is 0 Å². The van der Waals surface area contributed by atoms with Crippen LogP contribution in [0, 0.1) is 0 Å². The van der Waals surface area contributed by atoms with Gasteiger partial charge in [-0.1, -0.05) is 0 Å². The summed E-state index contributed by atoms with van der Waals surface area (Å²) >= 11 is 0. The molecule has 0 fully saturated rings. The monoisotopic (exact) mass is 287 g/mol. The van der Waals surface area contributed by atoms with Crippen LogP contribution in [0.4, 0.5) is 0 Å². The minimum Gasteiger partial charge on any atom is -2.00 e. The summed E-state index contributed by atoms with van der Waals surface area (Å²) in [5.74, 6) is 0. The summed E-state index contributed by atoms with van der Waals surface area (Å²) in [6.45, 7) is 0. The molecule has 0 nitrogen and oxygen atoms in total. The largest absolute Gasteiger partial charge is 2.00 e. The van der Waals surface area contributed by atoms with E-state index in [1.165, 1.54) is 0 Å². The third kappa shape index (κ3) is 29.1. The van der Waals surface area contributed by atoms with Gasteiger partial charge >= 0.3 is 56.0 Å². The first-order valence-corrected chi connectivity index (χ1v) is 0. The van der Waals surface area contributed by atoms with E-state index in [9.17, 15) is 0 Å². The molecule has 0 N–H and O–H groups in total. The van der Waals surface area contributed by atoms with E-state index >= 15 is 0 Å². The molecule has 0 unspecified atom stereocenters. The molecule has 0 atom stereocenters. The van der Waals surface area contributed by atoms with Crippen molar-refractivity contribution in [2.24, 2.45) is 0 Å². The number of rotatable bonds is 0. The van der Waals surface area contributed by atoms with Crippen LogP contribution < -0.4 is 0 Å². The SMILES string of the molecule is [Cu+2].[S-2].[S-2].[S-2].[Zn+2].[Zn+2]. The predicted octanol–water partition coefficient (Wildman–Crippen LogP) is -0.0147. The van der Waals surface area contributed by atoms with Gasteiger partial charge in [0.25, 0.3) is 0 Å². The second-order valence-corrected chi connectivity index (χ2v) is 0. The fourth-order valence-corrected chi connectivity index (χ4v) is 0. The van der Waals surface area contributed by atoms with Gasteiger partial charge in [-0.3, -0.25) is 0 Å². The van der Waals surface area contributed by atoms with E-state index in [2.05, 4.69) is 0 Å². The third-order valence-corrected chi connectivity index (χ3v) is 0. The molecular weight excluding hydrogens is 291 g/mol. The van der Waals surface area contributed by atoms with Crippen LogP contribution in [-0.4, -0.2) is 0 Å². The Labute approximate surface area is 95.3 Å². The molecule has 0 aromatic rings. The molecule has 0 rings (SSSR count). The molecule has 0 aromatic heterocycles. The second kappa shape index (κ2) is 45.8. The van der Waals surface area contributed by atoms with Crippen molar-refractivity contribution in [3.63, 3.8) is 0 Å². The molecule has 6 heteroatoms. The van der Waals surface area contributed by atoms with Gasteiger partial charge in [-0.05, 0) is 0 Å². The molecular formula is CuS3Zn2. The molecule has 0 aliphatic rings.